The fraction of sp³-hybridized carbons (Fsp3) is 0.235. The predicted octanol–water partition coefficient (Wildman–Crippen LogP) is 4.28. The lowest BCUT2D eigenvalue weighted by Crippen LogP contribution is -2.26. The van der Waals surface area contributed by atoms with E-state index >= 15 is 0 Å². The van der Waals surface area contributed by atoms with Crippen LogP contribution in [0.5, 0.6) is 11.5 Å². The molecule has 0 aliphatic rings. The van der Waals surface area contributed by atoms with Gasteiger partial charge in [0.05, 0.1) is 29.8 Å². The van der Waals surface area contributed by atoms with Gasteiger partial charge in [0.2, 0.25) is 0 Å². The van der Waals surface area contributed by atoms with Crippen LogP contribution in [-0.2, 0) is 6.54 Å². The summed E-state index contributed by atoms with van der Waals surface area (Å²) in [6, 6.07) is 10.5. The predicted molar refractivity (Wildman–Crippen MR) is 91.8 cm³/mol. The van der Waals surface area contributed by atoms with Crippen LogP contribution in [0.1, 0.15) is 15.9 Å². The molecule has 0 heterocycles. The Hall–Kier alpha value is -1.91. The van der Waals surface area contributed by atoms with Gasteiger partial charge < -0.3 is 14.4 Å². The Labute approximate surface area is 145 Å². The minimum absolute atomic E-state index is 0.174. The van der Waals surface area contributed by atoms with E-state index in [9.17, 15) is 4.79 Å². The van der Waals surface area contributed by atoms with Gasteiger partial charge in [-0.3, -0.25) is 4.79 Å². The molecule has 2 aromatic carbocycles. The van der Waals surface area contributed by atoms with Crippen molar-refractivity contribution in [2.45, 2.75) is 6.54 Å². The minimum Gasteiger partial charge on any atom is -0.493 e. The minimum atomic E-state index is -0.174. The molecule has 0 aromatic heterocycles. The largest absolute Gasteiger partial charge is 0.493 e. The van der Waals surface area contributed by atoms with Gasteiger partial charge in [-0.05, 0) is 29.8 Å². The number of carbonyl (C=O) groups excluding carboxylic acids is 1. The molecule has 0 aliphatic carbocycles. The van der Waals surface area contributed by atoms with E-state index in [1.807, 2.05) is 6.07 Å². The summed E-state index contributed by atoms with van der Waals surface area (Å²) in [5, 5.41) is 0.947. The van der Waals surface area contributed by atoms with Crippen LogP contribution in [0.25, 0.3) is 0 Å². The van der Waals surface area contributed by atoms with Crippen molar-refractivity contribution in [2.75, 3.05) is 21.3 Å². The van der Waals surface area contributed by atoms with Gasteiger partial charge in [0.25, 0.3) is 5.91 Å². The Bertz CT molecular complexity index is 719. The van der Waals surface area contributed by atoms with Crippen LogP contribution >= 0.6 is 23.2 Å². The van der Waals surface area contributed by atoms with Gasteiger partial charge in [-0.25, -0.2) is 0 Å². The Morgan fingerprint density at radius 1 is 1.09 bits per heavy atom. The van der Waals surface area contributed by atoms with Crippen molar-refractivity contribution in [3.8, 4) is 11.5 Å². The second-order valence-electron chi connectivity index (χ2n) is 4.95. The second kappa shape index (κ2) is 7.57. The molecule has 0 aliphatic heterocycles. The van der Waals surface area contributed by atoms with Gasteiger partial charge >= 0.3 is 0 Å². The van der Waals surface area contributed by atoms with E-state index in [4.69, 9.17) is 32.7 Å². The van der Waals surface area contributed by atoms with Gasteiger partial charge in [0.1, 0.15) is 0 Å². The Balaban J connectivity index is 2.24. The summed E-state index contributed by atoms with van der Waals surface area (Å²) in [5.74, 6) is 0.758. The maximum absolute atomic E-state index is 12.7. The maximum atomic E-state index is 12.7. The van der Waals surface area contributed by atoms with Crippen molar-refractivity contribution in [1.29, 1.82) is 0 Å². The topological polar surface area (TPSA) is 38.8 Å². The lowest BCUT2D eigenvalue weighted by molar-refractivity contribution is 0.0781. The Morgan fingerprint density at radius 3 is 2.43 bits per heavy atom. The number of ether oxygens (including phenoxy) is 2. The van der Waals surface area contributed by atoms with Gasteiger partial charge in [-0.1, -0.05) is 35.3 Å². The number of carbonyl (C=O) groups is 1. The number of amides is 1. The molecular formula is C17H17Cl2NO3. The van der Waals surface area contributed by atoms with Crippen LogP contribution < -0.4 is 9.47 Å². The Kier molecular flexibility index (Phi) is 5.74. The monoisotopic (exact) mass is 353 g/mol. The van der Waals surface area contributed by atoms with Crippen molar-refractivity contribution in [3.05, 3.63) is 57.6 Å². The molecule has 1 amide bonds. The highest BCUT2D eigenvalue weighted by molar-refractivity contribution is 6.42. The summed E-state index contributed by atoms with van der Waals surface area (Å²) in [5.41, 5.74) is 1.33. The molecule has 0 spiro atoms. The van der Waals surface area contributed by atoms with Crippen molar-refractivity contribution in [2.24, 2.45) is 0 Å². The standard InChI is InChI=1S/C17H17Cl2NO3/c1-20(10-11-7-8-13(18)14(19)9-11)17(21)12-5-4-6-15(22-2)16(12)23-3/h4-9H,10H2,1-3H3. The van der Waals surface area contributed by atoms with Crippen molar-refractivity contribution >= 4 is 29.1 Å². The van der Waals surface area contributed by atoms with E-state index < -0.39 is 0 Å². The average Bonchev–Trinajstić information content (AvgIpc) is 2.56. The number of methoxy groups -OCH3 is 2. The third kappa shape index (κ3) is 3.89. The first-order chi connectivity index (χ1) is 11.0. The van der Waals surface area contributed by atoms with Crippen molar-refractivity contribution in [1.82, 2.24) is 4.90 Å². The number of nitrogens with zero attached hydrogens (tertiary/aromatic N) is 1. The van der Waals surface area contributed by atoms with E-state index in [2.05, 4.69) is 0 Å². The molecule has 0 unspecified atom stereocenters. The van der Waals surface area contributed by atoms with Crippen molar-refractivity contribution in [3.63, 3.8) is 0 Å². The molecule has 0 atom stereocenters. The number of rotatable bonds is 5. The molecule has 0 saturated heterocycles. The number of para-hydroxylation sites is 1. The first kappa shape index (κ1) is 17.4. The van der Waals surface area contributed by atoms with E-state index in [0.29, 0.717) is 33.7 Å². The molecular weight excluding hydrogens is 337 g/mol. The lowest BCUT2D eigenvalue weighted by atomic mass is 10.1. The molecule has 122 valence electrons. The summed E-state index contributed by atoms with van der Waals surface area (Å²) in [6.45, 7) is 0.399. The zero-order chi connectivity index (χ0) is 17.0. The molecule has 4 nitrogen and oxygen atoms in total. The number of halogens is 2. The molecule has 0 bridgehead atoms. The van der Waals surface area contributed by atoms with Crippen molar-refractivity contribution < 1.29 is 14.3 Å². The van der Waals surface area contributed by atoms with Gasteiger partial charge in [-0.2, -0.15) is 0 Å². The maximum Gasteiger partial charge on any atom is 0.257 e. The third-order valence-electron chi connectivity index (χ3n) is 3.38. The first-order valence-electron chi connectivity index (χ1n) is 6.88. The van der Waals surface area contributed by atoms with E-state index in [0.717, 1.165) is 5.56 Å². The molecule has 0 N–H and O–H groups in total. The van der Waals surface area contributed by atoms with E-state index in [1.54, 1.807) is 42.3 Å². The van der Waals surface area contributed by atoms with E-state index in [1.165, 1.54) is 14.2 Å². The van der Waals surface area contributed by atoms with Crippen LogP contribution in [0.2, 0.25) is 10.0 Å². The quantitative estimate of drug-likeness (QED) is 0.804. The fourth-order valence-corrected chi connectivity index (χ4v) is 2.57. The number of benzene rings is 2. The summed E-state index contributed by atoms with van der Waals surface area (Å²) in [7, 11) is 4.75. The summed E-state index contributed by atoms with van der Waals surface area (Å²) < 4.78 is 10.5. The number of hydrogen-bond donors (Lipinski definition) is 0. The highest BCUT2D eigenvalue weighted by Crippen LogP contribution is 2.31. The molecule has 0 fully saturated rings. The highest BCUT2D eigenvalue weighted by atomic mass is 35.5. The average molecular weight is 354 g/mol. The van der Waals surface area contributed by atoms with Crippen LogP contribution in [0.4, 0.5) is 0 Å². The SMILES string of the molecule is COc1cccc(C(=O)N(C)Cc2ccc(Cl)c(Cl)c2)c1OC. The van der Waals surface area contributed by atoms with Gasteiger partial charge in [0, 0.05) is 13.6 Å². The zero-order valence-corrected chi connectivity index (χ0v) is 14.6. The Morgan fingerprint density at radius 2 is 1.83 bits per heavy atom. The smallest absolute Gasteiger partial charge is 0.257 e. The van der Waals surface area contributed by atoms with Crippen LogP contribution in [-0.4, -0.2) is 32.1 Å². The third-order valence-corrected chi connectivity index (χ3v) is 4.12. The summed E-state index contributed by atoms with van der Waals surface area (Å²) >= 11 is 11.9. The molecule has 2 rings (SSSR count). The number of hydrogen-bond acceptors (Lipinski definition) is 3. The summed E-state index contributed by atoms with van der Waals surface area (Å²) in [6.07, 6.45) is 0. The highest BCUT2D eigenvalue weighted by Gasteiger charge is 2.20. The normalized spacial score (nSPS) is 10.3. The van der Waals surface area contributed by atoms with Gasteiger partial charge in [-0.15, -0.1) is 0 Å². The van der Waals surface area contributed by atoms with Crippen LogP contribution in [0.3, 0.4) is 0 Å². The van der Waals surface area contributed by atoms with E-state index in [-0.39, 0.29) is 5.91 Å². The fourth-order valence-electron chi connectivity index (χ4n) is 2.24. The first-order valence-corrected chi connectivity index (χ1v) is 7.64. The van der Waals surface area contributed by atoms with Gasteiger partial charge in [0.15, 0.2) is 11.5 Å². The molecule has 23 heavy (non-hydrogen) atoms. The second-order valence-corrected chi connectivity index (χ2v) is 5.77. The van der Waals surface area contributed by atoms with Crippen LogP contribution in [0, 0.1) is 0 Å². The zero-order valence-electron chi connectivity index (χ0n) is 13.1. The molecule has 6 heteroatoms. The summed E-state index contributed by atoms with van der Waals surface area (Å²) in [4.78, 5) is 14.3. The molecule has 0 radical (unpaired) electrons. The van der Waals surface area contributed by atoms with Crippen LogP contribution in [0.15, 0.2) is 36.4 Å². The lowest BCUT2D eigenvalue weighted by Gasteiger charge is -2.20. The molecule has 0 saturated carbocycles. The molecule has 2 aromatic rings.